The Morgan fingerprint density at radius 1 is 1.31 bits per heavy atom. The quantitative estimate of drug-likeness (QED) is 0.732. The van der Waals surface area contributed by atoms with Crippen molar-refractivity contribution in [1.82, 2.24) is 4.98 Å². The van der Waals surface area contributed by atoms with Crippen molar-refractivity contribution in [3.8, 4) is 0 Å². The summed E-state index contributed by atoms with van der Waals surface area (Å²) >= 11 is 0. The fourth-order valence-electron chi connectivity index (χ4n) is 1.42. The fraction of sp³-hybridized carbons (Fsp3) is 0.0833. The number of aromatic nitrogens is 1. The van der Waals surface area contributed by atoms with Crippen molar-refractivity contribution in [3.05, 3.63) is 53.9 Å². The van der Waals surface area contributed by atoms with E-state index >= 15 is 0 Å². The van der Waals surface area contributed by atoms with E-state index in [1.165, 1.54) is 0 Å². The van der Waals surface area contributed by atoms with Crippen molar-refractivity contribution < 1.29 is 9.90 Å². The molecule has 0 radical (unpaired) electrons. The van der Waals surface area contributed by atoms with Crippen LogP contribution in [0.5, 0.6) is 0 Å². The highest BCUT2D eigenvalue weighted by Gasteiger charge is 2.05. The van der Waals surface area contributed by atoms with Gasteiger partial charge in [-0.05, 0) is 29.8 Å². The number of hydrogen-bond donors (Lipinski definition) is 3. The van der Waals surface area contributed by atoms with Crippen molar-refractivity contribution in [2.45, 2.75) is 6.61 Å². The molecule has 4 nitrogen and oxygen atoms in total. The molecule has 0 aliphatic heterocycles. The molecule has 0 aliphatic rings. The Labute approximate surface area is 92.9 Å². The van der Waals surface area contributed by atoms with Gasteiger partial charge in [-0.2, -0.15) is 0 Å². The lowest BCUT2D eigenvalue weighted by molar-refractivity contribution is 0.102. The number of amides is 1. The number of H-pyrrole nitrogens is 1. The molecular weight excluding hydrogens is 204 g/mol. The van der Waals surface area contributed by atoms with E-state index in [1.54, 1.807) is 42.6 Å². The Balaban J connectivity index is 2.12. The van der Waals surface area contributed by atoms with Gasteiger partial charge in [0, 0.05) is 11.9 Å². The average molecular weight is 216 g/mol. The third-order valence-electron chi connectivity index (χ3n) is 2.21. The molecule has 0 atom stereocenters. The number of aromatic amines is 1. The van der Waals surface area contributed by atoms with E-state index in [-0.39, 0.29) is 12.5 Å². The molecule has 0 saturated heterocycles. The Morgan fingerprint density at radius 3 is 2.88 bits per heavy atom. The predicted octanol–water partition coefficient (Wildman–Crippen LogP) is 1.76. The highest BCUT2D eigenvalue weighted by Crippen LogP contribution is 2.11. The van der Waals surface area contributed by atoms with Gasteiger partial charge in [0.2, 0.25) is 0 Å². The topological polar surface area (TPSA) is 65.1 Å². The standard InChI is InChI=1S/C12H12N2O2/c15-8-9-3-1-4-10(7-9)14-12(16)11-5-2-6-13-11/h1-7,13,15H,8H2,(H,14,16). The minimum atomic E-state index is -0.194. The van der Waals surface area contributed by atoms with Crippen LogP contribution in [0.1, 0.15) is 16.1 Å². The summed E-state index contributed by atoms with van der Waals surface area (Å²) in [5.74, 6) is -0.194. The van der Waals surface area contributed by atoms with E-state index in [2.05, 4.69) is 10.3 Å². The molecule has 1 aromatic heterocycles. The van der Waals surface area contributed by atoms with Crippen molar-refractivity contribution in [1.29, 1.82) is 0 Å². The number of rotatable bonds is 3. The van der Waals surface area contributed by atoms with Crippen molar-refractivity contribution >= 4 is 11.6 Å². The van der Waals surface area contributed by atoms with Crippen LogP contribution < -0.4 is 5.32 Å². The van der Waals surface area contributed by atoms with Crippen LogP contribution in [-0.4, -0.2) is 16.0 Å². The third kappa shape index (κ3) is 2.29. The van der Waals surface area contributed by atoms with Gasteiger partial charge in [-0.25, -0.2) is 0 Å². The van der Waals surface area contributed by atoms with Gasteiger partial charge in [-0.3, -0.25) is 4.79 Å². The summed E-state index contributed by atoms with van der Waals surface area (Å²) in [6.07, 6.45) is 1.69. The number of benzene rings is 1. The van der Waals surface area contributed by atoms with E-state index in [1.807, 2.05) is 0 Å². The van der Waals surface area contributed by atoms with Gasteiger partial charge in [0.1, 0.15) is 5.69 Å². The second-order valence-corrected chi connectivity index (χ2v) is 3.40. The number of anilines is 1. The summed E-state index contributed by atoms with van der Waals surface area (Å²) in [7, 11) is 0. The van der Waals surface area contributed by atoms with Crippen LogP contribution >= 0.6 is 0 Å². The van der Waals surface area contributed by atoms with Crippen molar-refractivity contribution in [2.24, 2.45) is 0 Å². The lowest BCUT2D eigenvalue weighted by atomic mass is 10.2. The van der Waals surface area contributed by atoms with E-state index in [0.717, 1.165) is 5.56 Å². The summed E-state index contributed by atoms with van der Waals surface area (Å²) in [4.78, 5) is 14.5. The number of hydrogen-bond acceptors (Lipinski definition) is 2. The Bertz CT molecular complexity index is 478. The smallest absolute Gasteiger partial charge is 0.272 e. The molecule has 0 bridgehead atoms. The molecule has 0 spiro atoms. The summed E-state index contributed by atoms with van der Waals surface area (Å²) < 4.78 is 0. The number of nitrogens with one attached hydrogen (secondary N) is 2. The number of carbonyl (C=O) groups excluding carboxylic acids is 1. The monoisotopic (exact) mass is 216 g/mol. The van der Waals surface area contributed by atoms with Gasteiger partial charge in [0.05, 0.1) is 6.61 Å². The largest absolute Gasteiger partial charge is 0.392 e. The molecule has 2 rings (SSSR count). The molecule has 0 saturated carbocycles. The maximum Gasteiger partial charge on any atom is 0.272 e. The van der Waals surface area contributed by atoms with Gasteiger partial charge < -0.3 is 15.4 Å². The van der Waals surface area contributed by atoms with Crippen molar-refractivity contribution in [3.63, 3.8) is 0 Å². The Hall–Kier alpha value is -2.07. The van der Waals surface area contributed by atoms with E-state index in [9.17, 15) is 4.79 Å². The molecule has 1 aromatic carbocycles. The predicted molar refractivity (Wildman–Crippen MR) is 61.1 cm³/mol. The van der Waals surface area contributed by atoms with Gasteiger partial charge >= 0.3 is 0 Å². The van der Waals surface area contributed by atoms with E-state index in [4.69, 9.17) is 5.11 Å². The first-order valence-electron chi connectivity index (χ1n) is 4.94. The Morgan fingerprint density at radius 2 is 2.19 bits per heavy atom. The molecular formula is C12H12N2O2. The van der Waals surface area contributed by atoms with Crippen molar-refractivity contribution in [2.75, 3.05) is 5.32 Å². The van der Waals surface area contributed by atoms with Crippen LogP contribution in [0.25, 0.3) is 0 Å². The van der Waals surface area contributed by atoms with Crippen LogP contribution in [0.3, 0.4) is 0 Å². The van der Waals surface area contributed by atoms with E-state index in [0.29, 0.717) is 11.4 Å². The van der Waals surface area contributed by atoms with E-state index < -0.39 is 0 Å². The summed E-state index contributed by atoms with van der Waals surface area (Å²) in [6.45, 7) is -0.0355. The average Bonchev–Trinajstić information content (AvgIpc) is 2.83. The number of aliphatic hydroxyl groups excluding tert-OH is 1. The maximum absolute atomic E-state index is 11.7. The first-order valence-corrected chi connectivity index (χ1v) is 4.94. The molecule has 0 unspecified atom stereocenters. The summed E-state index contributed by atoms with van der Waals surface area (Å²) in [5.41, 5.74) is 1.95. The van der Waals surface area contributed by atoms with Gasteiger partial charge in [-0.15, -0.1) is 0 Å². The number of aliphatic hydroxyl groups is 1. The van der Waals surface area contributed by atoms with Crippen LogP contribution in [0.2, 0.25) is 0 Å². The second-order valence-electron chi connectivity index (χ2n) is 3.40. The minimum Gasteiger partial charge on any atom is -0.392 e. The lowest BCUT2D eigenvalue weighted by Gasteiger charge is -2.05. The first-order chi connectivity index (χ1) is 7.79. The highest BCUT2D eigenvalue weighted by molar-refractivity contribution is 6.02. The first kappa shape index (κ1) is 10.4. The molecule has 16 heavy (non-hydrogen) atoms. The van der Waals surface area contributed by atoms with Crippen LogP contribution in [0, 0.1) is 0 Å². The fourth-order valence-corrected chi connectivity index (χ4v) is 1.42. The SMILES string of the molecule is O=C(Nc1cccc(CO)c1)c1ccc[nH]1. The molecule has 2 aromatic rings. The zero-order valence-corrected chi connectivity index (χ0v) is 8.60. The molecule has 4 heteroatoms. The Kier molecular flexibility index (Phi) is 3.03. The van der Waals surface area contributed by atoms with Gasteiger partial charge in [0.25, 0.3) is 5.91 Å². The number of carbonyl (C=O) groups is 1. The summed E-state index contributed by atoms with van der Waals surface area (Å²) in [5, 5.41) is 11.7. The minimum absolute atomic E-state index is 0.0355. The zero-order valence-electron chi connectivity index (χ0n) is 8.60. The molecule has 82 valence electrons. The highest BCUT2D eigenvalue weighted by atomic mass is 16.3. The molecule has 0 aliphatic carbocycles. The zero-order chi connectivity index (χ0) is 11.4. The molecule has 1 heterocycles. The second kappa shape index (κ2) is 4.63. The van der Waals surface area contributed by atoms with Gasteiger partial charge in [-0.1, -0.05) is 12.1 Å². The third-order valence-corrected chi connectivity index (χ3v) is 2.21. The molecule has 1 amide bonds. The van der Waals surface area contributed by atoms with Gasteiger partial charge in [0.15, 0.2) is 0 Å². The molecule has 3 N–H and O–H groups in total. The molecule has 0 fully saturated rings. The van der Waals surface area contributed by atoms with Crippen LogP contribution in [0.4, 0.5) is 5.69 Å². The lowest BCUT2D eigenvalue weighted by Crippen LogP contribution is -2.12. The normalized spacial score (nSPS) is 10.1. The summed E-state index contributed by atoms with van der Waals surface area (Å²) in [6, 6.07) is 10.6. The van der Waals surface area contributed by atoms with Crippen LogP contribution in [-0.2, 0) is 6.61 Å². The maximum atomic E-state index is 11.7. The van der Waals surface area contributed by atoms with Crippen LogP contribution in [0.15, 0.2) is 42.6 Å².